The van der Waals surface area contributed by atoms with Crippen molar-refractivity contribution in [2.45, 2.75) is 16.6 Å². The van der Waals surface area contributed by atoms with Gasteiger partial charge in [0.05, 0.1) is 5.69 Å². The first-order valence-electron chi connectivity index (χ1n) is 5.22. The van der Waals surface area contributed by atoms with Crippen LogP contribution in [0.1, 0.15) is 5.69 Å². The molecule has 3 aromatic heterocycles. The molecule has 0 saturated carbocycles. The maximum Gasteiger partial charge on any atom is 0.194 e. The van der Waals surface area contributed by atoms with Crippen LogP contribution in [0.15, 0.2) is 44.4 Å². The molecule has 0 amide bonds. The number of hydrogen-bond acceptors (Lipinski definition) is 5. The molecule has 0 atom stereocenters. The van der Waals surface area contributed by atoms with Gasteiger partial charge in [-0.05, 0) is 39.8 Å². The summed E-state index contributed by atoms with van der Waals surface area (Å²) in [6, 6.07) is 3.93. The minimum absolute atomic E-state index is 0.469. The number of imidazole rings is 1. The van der Waals surface area contributed by atoms with Gasteiger partial charge in [-0.2, -0.15) is 0 Å². The Balaban J connectivity index is 1.98. The number of aromatic nitrogens is 3. The first-order chi connectivity index (χ1) is 8.78. The number of hydrogen-bond donors (Lipinski definition) is 1. The molecule has 2 N–H and O–H groups in total. The standard InChI is InChI=1S/C11H9BrN4S2/c12-7-1-2-9(14-6-7)18-10-8(5-13)16-3-4-17-11(16)15-10/h1-4,6H,5,13H2. The van der Waals surface area contributed by atoms with Gasteiger partial charge < -0.3 is 5.73 Å². The molecule has 0 saturated heterocycles. The van der Waals surface area contributed by atoms with Crippen molar-refractivity contribution in [2.24, 2.45) is 5.73 Å². The number of thiazole rings is 1. The highest BCUT2D eigenvalue weighted by Gasteiger charge is 2.13. The van der Waals surface area contributed by atoms with Gasteiger partial charge >= 0.3 is 0 Å². The molecule has 3 aromatic rings. The van der Waals surface area contributed by atoms with Crippen LogP contribution in [-0.2, 0) is 6.54 Å². The summed E-state index contributed by atoms with van der Waals surface area (Å²) < 4.78 is 3.00. The summed E-state index contributed by atoms with van der Waals surface area (Å²) in [6.45, 7) is 0.469. The molecule has 92 valence electrons. The molecule has 3 rings (SSSR count). The first kappa shape index (κ1) is 12.2. The molecular formula is C11H9BrN4S2. The highest BCUT2D eigenvalue weighted by atomic mass is 79.9. The molecule has 4 nitrogen and oxygen atoms in total. The average Bonchev–Trinajstić information content (AvgIpc) is 2.92. The quantitative estimate of drug-likeness (QED) is 0.795. The van der Waals surface area contributed by atoms with E-state index in [0.717, 1.165) is 25.2 Å². The maximum atomic E-state index is 5.80. The topological polar surface area (TPSA) is 56.2 Å². The first-order valence-corrected chi connectivity index (χ1v) is 7.71. The Morgan fingerprint density at radius 3 is 3.06 bits per heavy atom. The summed E-state index contributed by atoms with van der Waals surface area (Å²) in [5.74, 6) is 0. The lowest BCUT2D eigenvalue weighted by Gasteiger charge is -2.00. The van der Waals surface area contributed by atoms with Gasteiger partial charge in [-0.15, -0.1) is 11.3 Å². The van der Waals surface area contributed by atoms with Crippen molar-refractivity contribution < 1.29 is 0 Å². The summed E-state index contributed by atoms with van der Waals surface area (Å²) >= 11 is 6.52. The van der Waals surface area contributed by atoms with E-state index in [0.29, 0.717) is 6.54 Å². The second kappa shape index (κ2) is 5.00. The van der Waals surface area contributed by atoms with Gasteiger partial charge in [0.15, 0.2) is 4.96 Å². The molecule has 0 spiro atoms. The molecule has 0 aliphatic heterocycles. The zero-order valence-electron chi connectivity index (χ0n) is 9.21. The van der Waals surface area contributed by atoms with Gasteiger partial charge in [-0.1, -0.05) is 0 Å². The van der Waals surface area contributed by atoms with Crippen molar-refractivity contribution in [3.05, 3.63) is 40.1 Å². The van der Waals surface area contributed by atoms with E-state index in [9.17, 15) is 0 Å². The molecule has 0 bridgehead atoms. The van der Waals surface area contributed by atoms with E-state index < -0.39 is 0 Å². The fourth-order valence-corrected chi connectivity index (χ4v) is 3.50. The number of halogens is 1. The van der Waals surface area contributed by atoms with Gasteiger partial charge in [0.1, 0.15) is 10.1 Å². The van der Waals surface area contributed by atoms with Crippen LogP contribution in [0.4, 0.5) is 0 Å². The molecule has 0 aromatic carbocycles. The molecule has 0 radical (unpaired) electrons. The van der Waals surface area contributed by atoms with Crippen molar-refractivity contribution in [1.29, 1.82) is 0 Å². The number of rotatable bonds is 3. The second-order valence-electron chi connectivity index (χ2n) is 3.54. The normalized spacial score (nSPS) is 11.2. The van der Waals surface area contributed by atoms with Crippen LogP contribution in [0.25, 0.3) is 4.96 Å². The van der Waals surface area contributed by atoms with Gasteiger partial charge in [0.2, 0.25) is 0 Å². The van der Waals surface area contributed by atoms with Gasteiger partial charge in [0.25, 0.3) is 0 Å². The van der Waals surface area contributed by atoms with E-state index in [1.54, 1.807) is 29.3 Å². The third kappa shape index (κ3) is 2.18. The molecule has 18 heavy (non-hydrogen) atoms. The van der Waals surface area contributed by atoms with Crippen LogP contribution < -0.4 is 5.73 Å². The highest BCUT2D eigenvalue weighted by Crippen LogP contribution is 2.30. The monoisotopic (exact) mass is 340 g/mol. The Labute approximate surface area is 120 Å². The Hall–Kier alpha value is -0.890. The predicted octanol–water partition coefficient (Wildman–Crippen LogP) is 3.16. The molecule has 0 aliphatic rings. The van der Waals surface area contributed by atoms with Crippen molar-refractivity contribution in [3.63, 3.8) is 0 Å². The van der Waals surface area contributed by atoms with E-state index in [2.05, 4.69) is 25.9 Å². The summed E-state index contributed by atoms with van der Waals surface area (Å²) in [5.41, 5.74) is 6.83. The second-order valence-corrected chi connectivity index (χ2v) is 6.34. The lowest BCUT2D eigenvalue weighted by atomic mass is 10.5. The van der Waals surface area contributed by atoms with Crippen molar-refractivity contribution in [2.75, 3.05) is 0 Å². The molecular weight excluding hydrogens is 332 g/mol. The minimum atomic E-state index is 0.469. The zero-order valence-corrected chi connectivity index (χ0v) is 12.4. The fourth-order valence-electron chi connectivity index (χ4n) is 1.60. The summed E-state index contributed by atoms with van der Waals surface area (Å²) in [6.07, 6.45) is 3.77. The lowest BCUT2D eigenvalue weighted by molar-refractivity contribution is 0.923. The van der Waals surface area contributed by atoms with Crippen molar-refractivity contribution >= 4 is 44.0 Å². The Morgan fingerprint density at radius 2 is 2.33 bits per heavy atom. The van der Waals surface area contributed by atoms with E-state index in [1.165, 1.54) is 0 Å². The summed E-state index contributed by atoms with van der Waals surface area (Å²) in [5, 5.41) is 3.85. The fraction of sp³-hybridized carbons (Fsp3) is 0.0909. The third-order valence-corrected chi connectivity index (χ3v) is 4.62. The summed E-state index contributed by atoms with van der Waals surface area (Å²) in [4.78, 5) is 9.87. The smallest absolute Gasteiger partial charge is 0.194 e. The van der Waals surface area contributed by atoms with Crippen LogP contribution in [-0.4, -0.2) is 14.4 Å². The highest BCUT2D eigenvalue weighted by molar-refractivity contribution is 9.10. The van der Waals surface area contributed by atoms with Crippen LogP contribution in [0.5, 0.6) is 0 Å². The molecule has 7 heteroatoms. The average molecular weight is 341 g/mol. The van der Waals surface area contributed by atoms with Crippen LogP contribution >= 0.6 is 39.0 Å². The Morgan fingerprint density at radius 1 is 1.44 bits per heavy atom. The number of fused-ring (bicyclic) bond motifs is 1. The zero-order chi connectivity index (χ0) is 12.5. The van der Waals surface area contributed by atoms with E-state index >= 15 is 0 Å². The molecule has 0 fully saturated rings. The van der Waals surface area contributed by atoms with Crippen LogP contribution in [0.2, 0.25) is 0 Å². The van der Waals surface area contributed by atoms with Crippen molar-refractivity contribution in [3.8, 4) is 0 Å². The lowest BCUT2D eigenvalue weighted by Crippen LogP contribution is -2.01. The Bertz CT molecular complexity index is 674. The molecule has 0 unspecified atom stereocenters. The minimum Gasteiger partial charge on any atom is -0.325 e. The van der Waals surface area contributed by atoms with E-state index in [1.807, 2.05) is 28.1 Å². The van der Waals surface area contributed by atoms with E-state index in [4.69, 9.17) is 5.73 Å². The van der Waals surface area contributed by atoms with E-state index in [-0.39, 0.29) is 0 Å². The number of pyridine rings is 1. The van der Waals surface area contributed by atoms with Gasteiger partial charge in [-0.25, -0.2) is 9.97 Å². The van der Waals surface area contributed by atoms with Crippen LogP contribution in [0, 0.1) is 0 Å². The van der Waals surface area contributed by atoms with Gasteiger partial charge in [-0.3, -0.25) is 4.40 Å². The predicted molar refractivity (Wildman–Crippen MR) is 77.0 cm³/mol. The largest absolute Gasteiger partial charge is 0.325 e. The summed E-state index contributed by atoms with van der Waals surface area (Å²) in [7, 11) is 0. The van der Waals surface area contributed by atoms with Gasteiger partial charge in [0, 0.05) is 28.8 Å². The third-order valence-electron chi connectivity index (χ3n) is 2.42. The number of nitrogens with two attached hydrogens (primary N) is 1. The number of nitrogens with zero attached hydrogens (tertiary/aromatic N) is 3. The Kier molecular flexibility index (Phi) is 3.38. The maximum absolute atomic E-state index is 5.80. The van der Waals surface area contributed by atoms with Crippen molar-refractivity contribution in [1.82, 2.24) is 14.4 Å². The SMILES string of the molecule is NCc1c(Sc2ccc(Br)cn2)nc2sccn12. The van der Waals surface area contributed by atoms with Crippen LogP contribution in [0.3, 0.4) is 0 Å². The molecule has 0 aliphatic carbocycles. The molecule has 3 heterocycles.